The predicted molar refractivity (Wildman–Crippen MR) is 122 cm³/mol. The molecule has 0 aliphatic rings. The molecular formula is C24H32O6. The summed E-state index contributed by atoms with van der Waals surface area (Å²) < 4.78 is 31.3. The van der Waals surface area contributed by atoms with Crippen LogP contribution in [0.3, 0.4) is 0 Å². The van der Waals surface area contributed by atoms with Gasteiger partial charge in [0.05, 0.1) is 42.7 Å². The lowest BCUT2D eigenvalue weighted by Gasteiger charge is -2.11. The van der Waals surface area contributed by atoms with Crippen LogP contribution in [-0.2, 0) is 0 Å². The first kappa shape index (κ1) is 24.8. The van der Waals surface area contributed by atoms with Gasteiger partial charge in [-0.3, -0.25) is 0 Å². The first-order valence-electron chi connectivity index (χ1n) is 9.38. The van der Waals surface area contributed by atoms with Crippen LogP contribution >= 0.6 is 0 Å². The summed E-state index contributed by atoms with van der Waals surface area (Å²) in [5.74, 6) is 4.28. The molecule has 30 heavy (non-hydrogen) atoms. The van der Waals surface area contributed by atoms with Crippen molar-refractivity contribution in [1.29, 1.82) is 0 Å². The summed E-state index contributed by atoms with van der Waals surface area (Å²) in [6.45, 7) is 3.91. The third-order valence-corrected chi connectivity index (χ3v) is 4.16. The number of rotatable bonds is 8. The maximum Gasteiger partial charge on any atom is 0.164 e. The van der Waals surface area contributed by atoms with Crippen molar-refractivity contribution in [3.05, 3.63) is 47.5 Å². The molecule has 0 bridgehead atoms. The highest BCUT2D eigenvalue weighted by Gasteiger charge is 2.10. The molecule has 0 radical (unpaired) electrons. The van der Waals surface area contributed by atoms with E-state index in [1.165, 1.54) is 0 Å². The molecule has 0 atom stereocenters. The molecule has 6 heteroatoms. The summed E-state index contributed by atoms with van der Waals surface area (Å²) in [4.78, 5) is 0. The van der Waals surface area contributed by atoms with E-state index in [1.54, 1.807) is 42.7 Å². The van der Waals surface area contributed by atoms with Crippen LogP contribution in [0.2, 0.25) is 0 Å². The minimum atomic E-state index is 0.669. The lowest BCUT2D eigenvalue weighted by Crippen LogP contribution is -1.94. The molecule has 6 nitrogen and oxygen atoms in total. The maximum atomic E-state index is 5.25. The second kappa shape index (κ2) is 13.0. The Morgan fingerprint density at radius 2 is 0.700 bits per heavy atom. The number of hydrogen-bond donors (Lipinski definition) is 0. The summed E-state index contributed by atoms with van der Waals surface area (Å²) in [7, 11) is 9.70. The van der Waals surface area contributed by atoms with E-state index in [0.717, 1.165) is 22.6 Å². The predicted octanol–water partition coefficient (Wildman–Crippen LogP) is 5.49. The Labute approximate surface area is 179 Å². The Morgan fingerprint density at radius 1 is 0.433 bits per heavy atom. The van der Waals surface area contributed by atoms with E-state index >= 15 is 0 Å². The van der Waals surface area contributed by atoms with Crippen molar-refractivity contribution >= 4 is 12.2 Å². The zero-order valence-corrected chi connectivity index (χ0v) is 19.1. The Balaban J connectivity index is 0.000000300. The van der Waals surface area contributed by atoms with Crippen LogP contribution in [0, 0.1) is 0 Å². The molecule has 0 amide bonds. The molecule has 0 saturated carbocycles. The highest BCUT2D eigenvalue weighted by atomic mass is 16.5. The number of hydrogen-bond acceptors (Lipinski definition) is 6. The van der Waals surface area contributed by atoms with Gasteiger partial charge in [-0.15, -0.1) is 0 Å². The van der Waals surface area contributed by atoms with Crippen LogP contribution in [0.5, 0.6) is 34.5 Å². The molecule has 2 aromatic rings. The van der Waals surface area contributed by atoms with Crippen molar-refractivity contribution in [3.63, 3.8) is 0 Å². The minimum absolute atomic E-state index is 0.669. The zero-order chi connectivity index (χ0) is 22.5. The van der Waals surface area contributed by atoms with Crippen LogP contribution < -0.4 is 28.4 Å². The first-order valence-corrected chi connectivity index (χ1v) is 9.38. The van der Waals surface area contributed by atoms with Crippen LogP contribution in [0.15, 0.2) is 36.4 Å². The summed E-state index contributed by atoms with van der Waals surface area (Å²) in [5.41, 5.74) is 1.94. The minimum Gasteiger partial charge on any atom is -0.496 e. The highest BCUT2D eigenvalue weighted by Crippen LogP contribution is 2.36. The van der Waals surface area contributed by atoms with Gasteiger partial charge in [-0.25, -0.2) is 0 Å². The Kier molecular flexibility index (Phi) is 10.8. The fourth-order valence-electron chi connectivity index (χ4n) is 2.73. The van der Waals surface area contributed by atoms with Gasteiger partial charge in [0.2, 0.25) is 0 Å². The van der Waals surface area contributed by atoms with Gasteiger partial charge in [0.1, 0.15) is 11.5 Å². The monoisotopic (exact) mass is 416 g/mol. The van der Waals surface area contributed by atoms with Gasteiger partial charge in [0, 0.05) is 23.3 Å². The molecule has 0 heterocycles. The molecule has 0 fully saturated rings. The SMILES string of the molecule is C/C=C\c1cc(OC)c(OC)cc1OC.C/C=C\c1cc(OC)c(OC)cc1OC. The van der Waals surface area contributed by atoms with Crippen molar-refractivity contribution in [1.82, 2.24) is 0 Å². The van der Waals surface area contributed by atoms with Crippen molar-refractivity contribution in [2.24, 2.45) is 0 Å². The molecule has 164 valence electrons. The van der Waals surface area contributed by atoms with E-state index in [0.29, 0.717) is 23.0 Å². The fourth-order valence-corrected chi connectivity index (χ4v) is 2.73. The summed E-state index contributed by atoms with van der Waals surface area (Å²) in [6, 6.07) is 7.40. The Bertz CT molecular complexity index is 784. The smallest absolute Gasteiger partial charge is 0.164 e. The molecule has 0 aromatic heterocycles. The molecule has 0 saturated heterocycles. The molecule has 0 N–H and O–H groups in total. The van der Waals surface area contributed by atoms with E-state index in [-0.39, 0.29) is 0 Å². The Morgan fingerprint density at radius 3 is 0.933 bits per heavy atom. The topological polar surface area (TPSA) is 55.4 Å². The zero-order valence-electron chi connectivity index (χ0n) is 19.1. The first-order chi connectivity index (χ1) is 14.5. The molecule has 2 aromatic carbocycles. The Hall–Kier alpha value is -3.28. The van der Waals surface area contributed by atoms with E-state index in [9.17, 15) is 0 Å². The van der Waals surface area contributed by atoms with Crippen LogP contribution in [0.1, 0.15) is 25.0 Å². The number of ether oxygens (including phenoxy) is 6. The second-order valence-electron chi connectivity index (χ2n) is 5.90. The normalized spacial score (nSPS) is 10.4. The fraction of sp³-hybridized carbons (Fsp3) is 0.333. The van der Waals surface area contributed by atoms with Crippen molar-refractivity contribution in [2.75, 3.05) is 42.7 Å². The number of benzene rings is 2. The van der Waals surface area contributed by atoms with Crippen LogP contribution in [-0.4, -0.2) is 42.7 Å². The van der Waals surface area contributed by atoms with Crippen molar-refractivity contribution in [3.8, 4) is 34.5 Å². The quantitative estimate of drug-likeness (QED) is 0.567. The van der Waals surface area contributed by atoms with Gasteiger partial charge in [0.25, 0.3) is 0 Å². The standard InChI is InChI=1S/2C12H16O3/c2*1-5-6-9-7-11(14-3)12(15-4)8-10(9)13-2/h2*5-8H,1-4H3/b2*6-5-. The number of methoxy groups -OCH3 is 6. The van der Waals surface area contributed by atoms with Gasteiger partial charge < -0.3 is 28.4 Å². The third-order valence-electron chi connectivity index (χ3n) is 4.16. The van der Waals surface area contributed by atoms with Gasteiger partial charge >= 0.3 is 0 Å². The lowest BCUT2D eigenvalue weighted by molar-refractivity contribution is 0.348. The van der Waals surface area contributed by atoms with Gasteiger partial charge in [-0.05, 0) is 26.0 Å². The van der Waals surface area contributed by atoms with Crippen LogP contribution in [0.25, 0.3) is 12.2 Å². The molecule has 0 spiro atoms. The van der Waals surface area contributed by atoms with Gasteiger partial charge in [0.15, 0.2) is 23.0 Å². The van der Waals surface area contributed by atoms with Gasteiger partial charge in [-0.2, -0.15) is 0 Å². The average molecular weight is 417 g/mol. The van der Waals surface area contributed by atoms with E-state index in [4.69, 9.17) is 28.4 Å². The van der Waals surface area contributed by atoms with Gasteiger partial charge in [-0.1, -0.05) is 24.3 Å². The lowest BCUT2D eigenvalue weighted by atomic mass is 10.1. The van der Waals surface area contributed by atoms with E-state index in [1.807, 2.05) is 62.4 Å². The maximum absolute atomic E-state index is 5.25. The molecule has 2 rings (SSSR count). The molecule has 0 aliphatic carbocycles. The molecular weight excluding hydrogens is 384 g/mol. The number of allylic oxidation sites excluding steroid dienone is 2. The van der Waals surface area contributed by atoms with Crippen molar-refractivity contribution < 1.29 is 28.4 Å². The van der Waals surface area contributed by atoms with Crippen molar-refractivity contribution in [2.45, 2.75) is 13.8 Å². The molecule has 0 unspecified atom stereocenters. The van der Waals surface area contributed by atoms with E-state index < -0.39 is 0 Å². The summed E-state index contributed by atoms with van der Waals surface area (Å²) in [5, 5.41) is 0. The summed E-state index contributed by atoms with van der Waals surface area (Å²) >= 11 is 0. The van der Waals surface area contributed by atoms with E-state index in [2.05, 4.69) is 0 Å². The highest BCUT2D eigenvalue weighted by molar-refractivity contribution is 5.64. The largest absolute Gasteiger partial charge is 0.496 e. The van der Waals surface area contributed by atoms with Crippen LogP contribution in [0.4, 0.5) is 0 Å². The third kappa shape index (κ3) is 6.37. The molecule has 0 aliphatic heterocycles. The second-order valence-corrected chi connectivity index (χ2v) is 5.90. The summed E-state index contributed by atoms with van der Waals surface area (Å²) in [6.07, 6.45) is 7.81. The average Bonchev–Trinajstić information content (AvgIpc) is 2.79.